The molecular weight excluding hydrogens is 372 g/mol. The van der Waals surface area contributed by atoms with Crippen molar-refractivity contribution in [2.75, 3.05) is 6.54 Å². The van der Waals surface area contributed by atoms with Crippen LogP contribution in [0.15, 0.2) is 79.1 Å². The summed E-state index contributed by atoms with van der Waals surface area (Å²) >= 11 is 0. The molecule has 1 aromatic carbocycles. The van der Waals surface area contributed by atoms with Gasteiger partial charge in [-0.05, 0) is 43.2 Å². The van der Waals surface area contributed by atoms with Gasteiger partial charge in [0.2, 0.25) is 5.91 Å². The van der Waals surface area contributed by atoms with Crippen LogP contribution in [0.1, 0.15) is 29.1 Å². The second-order valence-corrected chi connectivity index (χ2v) is 7.44. The molecule has 0 aliphatic carbocycles. The van der Waals surface area contributed by atoms with Crippen LogP contribution in [-0.2, 0) is 24.2 Å². The lowest BCUT2D eigenvalue weighted by molar-refractivity contribution is -0.131. The molecule has 5 nitrogen and oxygen atoms in total. The predicted octanol–water partition coefficient (Wildman–Crippen LogP) is 4.24. The van der Waals surface area contributed by atoms with Crippen molar-refractivity contribution in [2.24, 2.45) is 0 Å². The minimum atomic E-state index is 0.153. The maximum absolute atomic E-state index is 13.2. The predicted molar refractivity (Wildman–Crippen MR) is 118 cm³/mol. The van der Waals surface area contributed by atoms with Gasteiger partial charge in [0, 0.05) is 49.7 Å². The van der Waals surface area contributed by atoms with Crippen molar-refractivity contribution in [3.63, 3.8) is 0 Å². The molecule has 0 radical (unpaired) electrons. The third-order valence-electron chi connectivity index (χ3n) is 5.34. The lowest BCUT2D eigenvalue weighted by Gasteiger charge is -2.23. The Hall–Kier alpha value is -3.47. The van der Waals surface area contributed by atoms with Crippen LogP contribution in [0.25, 0.3) is 5.65 Å². The highest BCUT2D eigenvalue weighted by Gasteiger charge is 2.17. The average Bonchev–Trinajstić information content (AvgIpc) is 3.11. The van der Waals surface area contributed by atoms with E-state index >= 15 is 0 Å². The Morgan fingerprint density at radius 2 is 1.77 bits per heavy atom. The quantitative estimate of drug-likeness (QED) is 0.446. The zero-order valence-corrected chi connectivity index (χ0v) is 17.2. The number of nitrogens with zero attached hydrogens (tertiary/aromatic N) is 4. The fraction of sp³-hybridized carbons (Fsp3) is 0.240. The van der Waals surface area contributed by atoms with Crippen LogP contribution in [0.5, 0.6) is 0 Å². The first-order valence-corrected chi connectivity index (χ1v) is 10.3. The molecule has 0 fully saturated rings. The summed E-state index contributed by atoms with van der Waals surface area (Å²) in [5, 5.41) is 0. The van der Waals surface area contributed by atoms with Gasteiger partial charge in [-0.3, -0.25) is 9.78 Å². The van der Waals surface area contributed by atoms with E-state index in [4.69, 9.17) is 0 Å². The number of hydrogen-bond donors (Lipinski definition) is 0. The number of carbonyl (C=O) groups is 1. The summed E-state index contributed by atoms with van der Waals surface area (Å²) in [6.45, 7) is 3.27. The van der Waals surface area contributed by atoms with Gasteiger partial charge in [0.15, 0.2) is 0 Å². The lowest BCUT2D eigenvalue weighted by atomic mass is 10.1. The Kier molecular flexibility index (Phi) is 6.18. The highest BCUT2D eigenvalue weighted by Crippen LogP contribution is 2.15. The summed E-state index contributed by atoms with van der Waals surface area (Å²) in [6, 6.07) is 22.0. The first kappa shape index (κ1) is 19.8. The smallest absolute Gasteiger partial charge is 0.223 e. The minimum Gasteiger partial charge on any atom is -0.338 e. The fourth-order valence-electron chi connectivity index (χ4n) is 3.74. The first-order chi connectivity index (χ1) is 14.7. The Morgan fingerprint density at radius 1 is 0.967 bits per heavy atom. The molecule has 3 aromatic heterocycles. The van der Waals surface area contributed by atoms with Gasteiger partial charge in [0.25, 0.3) is 0 Å². The first-order valence-electron chi connectivity index (χ1n) is 10.3. The second-order valence-electron chi connectivity index (χ2n) is 7.44. The van der Waals surface area contributed by atoms with E-state index in [0.29, 0.717) is 25.9 Å². The number of hydrogen-bond acceptors (Lipinski definition) is 3. The molecular formula is C25H26N4O. The molecule has 0 aliphatic heterocycles. The van der Waals surface area contributed by atoms with Gasteiger partial charge in [-0.15, -0.1) is 0 Å². The zero-order chi connectivity index (χ0) is 20.8. The molecule has 4 rings (SSSR count). The van der Waals surface area contributed by atoms with Gasteiger partial charge in [-0.1, -0.05) is 42.5 Å². The largest absolute Gasteiger partial charge is 0.338 e. The molecule has 4 aromatic rings. The van der Waals surface area contributed by atoms with Crippen LogP contribution in [0, 0.1) is 6.92 Å². The third-order valence-corrected chi connectivity index (χ3v) is 5.34. The van der Waals surface area contributed by atoms with Gasteiger partial charge in [-0.25, -0.2) is 4.98 Å². The van der Waals surface area contributed by atoms with Crippen LogP contribution >= 0.6 is 0 Å². The highest BCUT2D eigenvalue weighted by molar-refractivity contribution is 5.76. The molecule has 5 heteroatoms. The van der Waals surface area contributed by atoms with Gasteiger partial charge >= 0.3 is 0 Å². The van der Waals surface area contributed by atoms with E-state index in [0.717, 1.165) is 34.7 Å². The lowest BCUT2D eigenvalue weighted by Crippen LogP contribution is -2.33. The summed E-state index contributed by atoms with van der Waals surface area (Å²) < 4.78 is 2.08. The molecule has 0 saturated carbocycles. The number of aromatic nitrogens is 3. The minimum absolute atomic E-state index is 0.153. The van der Waals surface area contributed by atoms with Crippen molar-refractivity contribution in [1.82, 2.24) is 19.3 Å². The van der Waals surface area contributed by atoms with Gasteiger partial charge in [0.1, 0.15) is 5.65 Å². The number of imidazole rings is 1. The topological polar surface area (TPSA) is 50.5 Å². The Labute approximate surface area is 177 Å². The number of fused-ring (bicyclic) bond motifs is 1. The van der Waals surface area contributed by atoms with E-state index in [9.17, 15) is 4.79 Å². The molecule has 152 valence electrons. The van der Waals surface area contributed by atoms with Crippen molar-refractivity contribution >= 4 is 11.6 Å². The molecule has 0 unspecified atom stereocenters. The average molecular weight is 399 g/mol. The summed E-state index contributed by atoms with van der Waals surface area (Å²) in [5.74, 6) is 0.153. The van der Waals surface area contributed by atoms with Crippen molar-refractivity contribution in [3.8, 4) is 0 Å². The SMILES string of the molecule is Cc1nc2ccccn2c1CCC(=O)N(CCc1ccccn1)Cc1ccccc1. The maximum atomic E-state index is 13.2. The number of carbonyl (C=O) groups excluding carboxylic acids is 1. The summed E-state index contributed by atoms with van der Waals surface area (Å²) in [7, 11) is 0. The van der Waals surface area contributed by atoms with Crippen molar-refractivity contribution in [2.45, 2.75) is 32.7 Å². The van der Waals surface area contributed by atoms with E-state index < -0.39 is 0 Å². The Bertz CT molecular complexity index is 1110. The number of pyridine rings is 2. The number of amides is 1. The summed E-state index contributed by atoms with van der Waals surface area (Å²) in [5.41, 5.74) is 5.15. The van der Waals surface area contributed by atoms with E-state index in [1.165, 1.54) is 0 Å². The molecule has 0 atom stereocenters. The van der Waals surface area contributed by atoms with E-state index in [1.54, 1.807) is 6.20 Å². The number of aryl methyl sites for hydroxylation is 2. The fourth-order valence-corrected chi connectivity index (χ4v) is 3.74. The van der Waals surface area contributed by atoms with Crippen LogP contribution in [-0.4, -0.2) is 31.7 Å². The van der Waals surface area contributed by atoms with E-state index in [-0.39, 0.29) is 5.91 Å². The molecule has 3 heterocycles. The van der Waals surface area contributed by atoms with E-state index in [2.05, 4.69) is 26.5 Å². The van der Waals surface area contributed by atoms with Crippen LogP contribution in [0.4, 0.5) is 0 Å². The normalized spacial score (nSPS) is 11.0. The van der Waals surface area contributed by atoms with Gasteiger partial charge in [-0.2, -0.15) is 0 Å². The van der Waals surface area contributed by atoms with Crippen molar-refractivity contribution < 1.29 is 4.79 Å². The molecule has 0 N–H and O–H groups in total. The maximum Gasteiger partial charge on any atom is 0.223 e. The Morgan fingerprint density at radius 3 is 2.57 bits per heavy atom. The Balaban J connectivity index is 1.47. The van der Waals surface area contributed by atoms with E-state index in [1.807, 2.05) is 72.6 Å². The molecule has 0 bridgehead atoms. The molecule has 30 heavy (non-hydrogen) atoms. The number of benzene rings is 1. The highest BCUT2D eigenvalue weighted by atomic mass is 16.2. The van der Waals surface area contributed by atoms with Crippen LogP contribution < -0.4 is 0 Å². The molecule has 0 spiro atoms. The second kappa shape index (κ2) is 9.35. The molecule has 1 amide bonds. The standard InChI is InChI=1S/C25H26N4O/c1-20-23(29-17-8-6-12-24(29)27-20)13-14-25(30)28(19-21-9-3-2-4-10-21)18-15-22-11-5-7-16-26-22/h2-12,16-17H,13-15,18-19H2,1H3. The van der Waals surface area contributed by atoms with Crippen molar-refractivity contribution in [1.29, 1.82) is 0 Å². The van der Waals surface area contributed by atoms with Gasteiger partial charge in [0.05, 0.1) is 5.69 Å². The van der Waals surface area contributed by atoms with Crippen molar-refractivity contribution in [3.05, 3.63) is 102 Å². The summed E-state index contributed by atoms with van der Waals surface area (Å²) in [4.78, 5) is 24.1. The van der Waals surface area contributed by atoms with Crippen LogP contribution in [0.2, 0.25) is 0 Å². The zero-order valence-electron chi connectivity index (χ0n) is 17.2. The third kappa shape index (κ3) is 4.74. The number of rotatable bonds is 8. The molecule has 0 saturated heterocycles. The monoisotopic (exact) mass is 398 g/mol. The molecule has 0 aliphatic rings. The van der Waals surface area contributed by atoms with Gasteiger partial charge < -0.3 is 9.30 Å². The summed E-state index contributed by atoms with van der Waals surface area (Å²) in [6.07, 6.45) is 5.68. The van der Waals surface area contributed by atoms with Crippen LogP contribution in [0.3, 0.4) is 0 Å².